The monoisotopic (exact) mass is 355 g/mol. The number of thiophene rings is 1. The number of nitrogens with one attached hydrogen (secondary N) is 1. The normalized spacial score (nSPS) is 18.0. The first kappa shape index (κ1) is 18.2. The number of benzene rings is 1. The van der Waals surface area contributed by atoms with Crippen molar-refractivity contribution < 1.29 is 4.79 Å². The van der Waals surface area contributed by atoms with Gasteiger partial charge in [-0.05, 0) is 54.2 Å². The maximum atomic E-state index is 12.9. The van der Waals surface area contributed by atoms with Gasteiger partial charge in [-0.15, -0.1) is 11.3 Å². The van der Waals surface area contributed by atoms with E-state index < -0.39 is 0 Å². The Balaban J connectivity index is 1.75. The molecule has 0 saturated carbocycles. The van der Waals surface area contributed by atoms with Gasteiger partial charge in [0.15, 0.2) is 0 Å². The molecule has 1 aliphatic rings. The lowest BCUT2D eigenvalue weighted by atomic mass is 9.88. The van der Waals surface area contributed by atoms with Crippen LogP contribution in [0.5, 0.6) is 0 Å². The molecule has 134 valence electrons. The lowest BCUT2D eigenvalue weighted by Crippen LogP contribution is -2.29. The van der Waals surface area contributed by atoms with Gasteiger partial charge in [0.2, 0.25) is 0 Å². The molecular formula is C22H29NOS. The number of hydrogen-bond acceptors (Lipinski definition) is 2. The van der Waals surface area contributed by atoms with Crippen molar-refractivity contribution in [3.8, 4) is 0 Å². The molecule has 0 unspecified atom stereocenters. The quantitative estimate of drug-likeness (QED) is 0.713. The summed E-state index contributed by atoms with van der Waals surface area (Å²) in [6.07, 6.45) is 4.26. The van der Waals surface area contributed by atoms with E-state index >= 15 is 0 Å². The van der Waals surface area contributed by atoms with Crippen molar-refractivity contribution in [3.63, 3.8) is 0 Å². The summed E-state index contributed by atoms with van der Waals surface area (Å²) < 4.78 is 0. The molecule has 1 aromatic carbocycles. The first-order valence-electron chi connectivity index (χ1n) is 9.49. The molecule has 3 rings (SSSR count). The zero-order valence-electron chi connectivity index (χ0n) is 15.8. The molecule has 1 aliphatic carbocycles. The van der Waals surface area contributed by atoms with Crippen molar-refractivity contribution in [3.05, 3.63) is 56.8 Å². The van der Waals surface area contributed by atoms with Crippen molar-refractivity contribution >= 4 is 17.2 Å². The largest absolute Gasteiger partial charge is 0.345 e. The SMILES string of the molecule is CC[C@H](NC(=O)c1csc2c1CC[C@@H](C)C2)c1ccc(C(C)C)cc1. The van der Waals surface area contributed by atoms with Crippen molar-refractivity contribution in [1.82, 2.24) is 5.32 Å². The van der Waals surface area contributed by atoms with Crippen LogP contribution in [0, 0.1) is 5.92 Å². The molecule has 25 heavy (non-hydrogen) atoms. The highest BCUT2D eigenvalue weighted by molar-refractivity contribution is 7.10. The fourth-order valence-electron chi connectivity index (χ4n) is 3.64. The van der Waals surface area contributed by atoms with Crippen LogP contribution in [0.2, 0.25) is 0 Å². The van der Waals surface area contributed by atoms with E-state index in [0.717, 1.165) is 30.7 Å². The lowest BCUT2D eigenvalue weighted by Gasteiger charge is -2.21. The van der Waals surface area contributed by atoms with Crippen LogP contribution in [-0.2, 0) is 12.8 Å². The molecule has 1 aromatic heterocycles. The number of hydrogen-bond donors (Lipinski definition) is 1. The second-order valence-corrected chi connectivity index (χ2v) is 8.62. The second-order valence-electron chi connectivity index (χ2n) is 7.65. The van der Waals surface area contributed by atoms with Crippen molar-refractivity contribution in [1.29, 1.82) is 0 Å². The lowest BCUT2D eigenvalue weighted by molar-refractivity contribution is 0.0934. The van der Waals surface area contributed by atoms with Gasteiger partial charge >= 0.3 is 0 Å². The molecule has 0 spiro atoms. The molecule has 2 nitrogen and oxygen atoms in total. The third-order valence-electron chi connectivity index (χ3n) is 5.37. The summed E-state index contributed by atoms with van der Waals surface area (Å²) in [5, 5.41) is 5.33. The first-order chi connectivity index (χ1) is 12.0. The average molecular weight is 356 g/mol. The molecule has 0 aliphatic heterocycles. The van der Waals surface area contributed by atoms with Crippen molar-refractivity contribution in [2.45, 2.75) is 65.3 Å². The van der Waals surface area contributed by atoms with E-state index in [1.165, 1.54) is 28.0 Å². The summed E-state index contributed by atoms with van der Waals surface area (Å²) in [6.45, 7) is 8.84. The Kier molecular flexibility index (Phi) is 5.63. The summed E-state index contributed by atoms with van der Waals surface area (Å²) >= 11 is 1.76. The van der Waals surface area contributed by atoms with E-state index in [9.17, 15) is 4.79 Å². The van der Waals surface area contributed by atoms with Gasteiger partial charge in [-0.25, -0.2) is 0 Å². The highest BCUT2D eigenvalue weighted by atomic mass is 32.1. The van der Waals surface area contributed by atoms with E-state index in [1.54, 1.807) is 11.3 Å². The smallest absolute Gasteiger partial charge is 0.252 e. The molecule has 1 heterocycles. The number of fused-ring (bicyclic) bond motifs is 1. The molecular weight excluding hydrogens is 326 g/mol. The maximum Gasteiger partial charge on any atom is 0.252 e. The minimum absolute atomic E-state index is 0.0757. The van der Waals surface area contributed by atoms with Crippen LogP contribution >= 0.6 is 11.3 Å². The van der Waals surface area contributed by atoms with Crippen LogP contribution in [0.25, 0.3) is 0 Å². The predicted molar refractivity (Wildman–Crippen MR) is 107 cm³/mol. The Labute approximate surface area is 155 Å². The third kappa shape index (κ3) is 3.98. The van der Waals surface area contributed by atoms with Crippen LogP contribution in [0.15, 0.2) is 29.6 Å². The molecule has 1 amide bonds. The van der Waals surface area contributed by atoms with Crippen molar-refractivity contribution in [2.75, 3.05) is 0 Å². The summed E-state index contributed by atoms with van der Waals surface area (Å²) in [5.41, 5.74) is 4.73. The zero-order valence-corrected chi connectivity index (χ0v) is 16.6. The predicted octanol–water partition coefficient (Wildman–Crippen LogP) is 5.88. The first-order valence-corrected chi connectivity index (χ1v) is 10.4. The molecule has 2 aromatic rings. The fourth-order valence-corrected chi connectivity index (χ4v) is 4.88. The third-order valence-corrected chi connectivity index (χ3v) is 6.42. The van der Waals surface area contributed by atoms with E-state index in [4.69, 9.17) is 0 Å². The minimum Gasteiger partial charge on any atom is -0.345 e. The van der Waals surface area contributed by atoms with Crippen LogP contribution in [-0.4, -0.2) is 5.91 Å². The average Bonchev–Trinajstić information content (AvgIpc) is 3.02. The van der Waals surface area contributed by atoms with Crippen molar-refractivity contribution in [2.24, 2.45) is 5.92 Å². The standard InChI is InChI=1S/C22H29NOS/c1-5-20(17-9-7-16(8-10-17)14(2)3)23-22(24)19-13-25-21-12-15(4)6-11-18(19)21/h7-10,13-15,20H,5-6,11-12H2,1-4H3,(H,23,24)/t15-,20+/m1/s1. The van der Waals surface area contributed by atoms with Crippen LogP contribution < -0.4 is 5.32 Å². The van der Waals surface area contributed by atoms with Gasteiger partial charge in [0, 0.05) is 10.3 Å². The van der Waals surface area contributed by atoms with Gasteiger partial charge in [-0.1, -0.05) is 52.0 Å². The highest BCUT2D eigenvalue weighted by Crippen LogP contribution is 2.33. The Hall–Kier alpha value is -1.61. The number of rotatable bonds is 5. The van der Waals surface area contributed by atoms with Gasteiger partial charge in [-0.2, -0.15) is 0 Å². The van der Waals surface area contributed by atoms with Gasteiger partial charge < -0.3 is 5.32 Å². The molecule has 2 atom stereocenters. The Morgan fingerprint density at radius 2 is 1.92 bits per heavy atom. The van der Waals surface area contributed by atoms with Crippen LogP contribution in [0.1, 0.15) is 84.4 Å². The number of carbonyl (C=O) groups is 1. The van der Waals surface area contributed by atoms with Gasteiger partial charge in [0.05, 0.1) is 11.6 Å². The topological polar surface area (TPSA) is 29.1 Å². The molecule has 0 radical (unpaired) electrons. The Morgan fingerprint density at radius 1 is 1.24 bits per heavy atom. The van der Waals surface area contributed by atoms with E-state index in [1.807, 2.05) is 0 Å². The molecule has 3 heteroatoms. The summed E-state index contributed by atoms with van der Waals surface area (Å²) in [4.78, 5) is 14.3. The Bertz CT molecular complexity index is 729. The second kappa shape index (κ2) is 7.74. The summed E-state index contributed by atoms with van der Waals surface area (Å²) in [7, 11) is 0. The van der Waals surface area contributed by atoms with Gasteiger partial charge in [0.1, 0.15) is 0 Å². The van der Waals surface area contributed by atoms with E-state index in [-0.39, 0.29) is 11.9 Å². The van der Waals surface area contributed by atoms with Crippen LogP contribution in [0.3, 0.4) is 0 Å². The van der Waals surface area contributed by atoms with Gasteiger partial charge in [-0.3, -0.25) is 4.79 Å². The molecule has 1 N–H and O–H groups in total. The molecule has 0 fully saturated rings. The highest BCUT2D eigenvalue weighted by Gasteiger charge is 2.24. The van der Waals surface area contributed by atoms with E-state index in [0.29, 0.717) is 5.92 Å². The number of carbonyl (C=O) groups excluding carboxylic acids is 1. The summed E-state index contributed by atoms with van der Waals surface area (Å²) in [5.74, 6) is 1.36. The fraction of sp³-hybridized carbons (Fsp3) is 0.500. The Morgan fingerprint density at radius 3 is 2.56 bits per heavy atom. The molecule has 0 bridgehead atoms. The maximum absolute atomic E-state index is 12.9. The number of amides is 1. The van der Waals surface area contributed by atoms with E-state index in [2.05, 4.69) is 62.7 Å². The minimum atomic E-state index is 0.0757. The van der Waals surface area contributed by atoms with Gasteiger partial charge in [0.25, 0.3) is 5.91 Å². The molecule has 0 saturated heterocycles. The zero-order chi connectivity index (χ0) is 18.0. The van der Waals surface area contributed by atoms with Crippen LogP contribution in [0.4, 0.5) is 0 Å². The summed E-state index contributed by atoms with van der Waals surface area (Å²) in [6, 6.07) is 8.76.